The predicted octanol–water partition coefficient (Wildman–Crippen LogP) is 5.70. The average Bonchev–Trinajstić information content (AvgIpc) is 3.22. The number of hydrogen-bond acceptors (Lipinski definition) is 2. The van der Waals surface area contributed by atoms with Gasteiger partial charge in [-0.15, -0.1) is 0 Å². The van der Waals surface area contributed by atoms with Crippen LogP contribution in [0.4, 0.5) is 10.2 Å². The zero-order chi connectivity index (χ0) is 21.4. The van der Waals surface area contributed by atoms with Gasteiger partial charge in [0.25, 0.3) is 5.91 Å². The molecule has 30 heavy (non-hydrogen) atoms. The lowest BCUT2D eigenvalue weighted by Gasteiger charge is -2.16. The molecule has 4 aromatic rings. The van der Waals surface area contributed by atoms with Crippen LogP contribution in [0.5, 0.6) is 0 Å². The van der Waals surface area contributed by atoms with Crippen LogP contribution >= 0.6 is 0 Å². The molecule has 2 aromatic heterocycles. The van der Waals surface area contributed by atoms with Crippen LogP contribution < -0.4 is 5.32 Å². The lowest BCUT2D eigenvalue weighted by Crippen LogP contribution is -2.18. The molecule has 1 amide bonds. The van der Waals surface area contributed by atoms with Crippen LogP contribution in [0.25, 0.3) is 22.4 Å². The maximum Gasteiger partial charge on any atom is 0.259 e. The predicted molar refractivity (Wildman–Crippen MR) is 118 cm³/mol. The van der Waals surface area contributed by atoms with E-state index in [2.05, 4.69) is 28.7 Å². The van der Waals surface area contributed by atoms with E-state index in [1.807, 2.05) is 38.1 Å². The third kappa shape index (κ3) is 3.49. The molecular weight excluding hydrogens is 379 g/mol. The van der Waals surface area contributed by atoms with E-state index in [9.17, 15) is 9.18 Å². The first-order chi connectivity index (χ1) is 14.4. The molecule has 0 saturated carbocycles. The van der Waals surface area contributed by atoms with Gasteiger partial charge in [-0.3, -0.25) is 4.79 Å². The van der Waals surface area contributed by atoms with Crippen LogP contribution in [0.3, 0.4) is 0 Å². The van der Waals surface area contributed by atoms with E-state index >= 15 is 0 Å². The molecule has 4 rings (SSSR count). The molecule has 0 unspecified atom stereocenters. The minimum absolute atomic E-state index is 0.0145. The number of carbonyl (C=O) groups excluding carboxylic acids is 1. The summed E-state index contributed by atoms with van der Waals surface area (Å²) in [5.41, 5.74) is 4.69. The number of anilines is 1. The van der Waals surface area contributed by atoms with Gasteiger partial charge >= 0.3 is 0 Å². The first kappa shape index (κ1) is 19.9. The van der Waals surface area contributed by atoms with Crippen molar-refractivity contribution in [2.75, 3.05) is 5.32 Å². The third-order valence-corrected chi connectivity index (χ3v) is 5.35. The van der Waals surface area contributed by atoms with Gasteiger partial charge < -0.3 is 14.9 Å². The molecule has 5 nitrogen and oxygen atoms in total. The normalized spacial score (nSPS) is 11.4. The number of carbonyl (C=O) groups is 1. The number of fused-ring (bicyclic) bond motifs is 1. The van der Waals surface area contributed by atoms with Crippen molar-refractivity contribution >= 4 is 22.8 Å². The fraction of sp³-hybridized carbons (Fsp3) is 0.250. The number of rotatable bonds is 5. The summed E-state index contributed by atoms with van der Waals surface area (Å²) < 4.78 is 16.3. The van der Waals surface area contributed by atoms with E-state index < -0.39 is 11.7 Å². The molecule has 0 atom stereocenters. The summed E-state index contributed by atoms with van der Waals surface area (Å²) in [5.74, 6) is 0.654. The SMILES string of the molecule is Cc1c(-c2nc3ccccc3[nH]2)c(NC(=O)c2ccccc2F)n(CC(C)C)c1C. The Hall–Kier alpha value is -3.41. The van der Waals surface area contributed by atoms with Crippen LogP contribution in [0.1, 0.15) is 35.5 Å². The Morgan fingerprint density at radius 3 is 2.53 bits per heavy atom. The summed E-state index contributed by atoms with van der Waals surface area (Å²) >= 11 is 0. The highest BCUT2D eigenvalue weighted by Crippen LogP contribution is 2.36. The highest BCUT2D eigenvalue weighted by molar-refractivity contribution is 6.06. The molecule has 2 heterocycles. The minimum atomic E-state index is -0.546. The summed E-state index contributed by atoms with van der Waals surface area (Å²) in [6.07, 6.45) is 0. The molecule has 0 fully saturated rings. The van der Waals surface area contributed by atoms with E-state index in [1.165, 1.54) is 12.1 Å². The number of H-pyrrole nitrogens is 1. The average molecular weight is 404 g/mol. The second-order valence-corrected chi connectivity index (χ2v) is 7.97. The minimum Gasteiger partial charge on any atom is -0.338 e. The Balaban J connectivity index is 1.87. The van der Waals surface area contributed by atoms with Crippen molar-refractivity contribution in [1.82, 2.24) is 14.5 Å². The maximum absolute atomic E-state index is 14.2. The second-order valence-electron chi connectivity index (χ2n) is 7.97. The number of imidazole rings is 1. The van der Waals surface area contributed by atoms with Crippen molar-refractivity contribution in [3.05, 3.63) is 71.2 Å². The molecule has 0 radical (unpaired) electrons. The molecule has 0 aliphatic carbocycles. The van der Waals surface area contributed by atoms with Gasteiger partial charge in [-0.25, -0.2) is 9.37 Å². The summed E-state index contributed by atoms with van der Waals surface area (Å²) in [4.78, 5) is 21.1. The number of benzene rings is 2. The van der Waals surface area contributed by atoms with Crippen molar-refractivity contribution < 1.29 is 9.18 Å². The lowest BCUT2D eigenvalue weighted by atomic mass is 10.1. The van der Waals surface area contributed by atoms with Gasteiger partial charge in [-0.05, 0) is 49.6 Å². The smallest absolute Gasteiger partial charge is 0.259 e. The van der Waals surface area contributed by atoms with Gasteiger partial charge in [0, 0.05) is 12.2 Å². The Morgan fingerprint density at radius 2 is 1.83 bits per heavy atom. The number of para-hydroxylation sites is 2. The summed E-state index contributed by atoms with van der Waals surface area (Å²) in [6, 6.07) is 13.8. The number of hydrogen-bond donors (Lipinski definition) is 2. The topological polar surface area (TPSA) is 62.7 Å². The van der Waals surface area contributed by atoms with Crippen molar-refractivity contribution in [2.24, 2.45) is 5.92 Å². The maximum atomic E-state index is 14.2. The molecule has 2 N–H and O–H groups in total. The van der Waals surface area contributed by atoms with Gasteiger partial charge in [0.1, 0.15) is 17.5 Å². The van der Waals surface area contributed by atoms with Gasteiger partial charge in [0.05, 0.1) is 22.2 Å². The number of nitrogens with one attached hydrogen (secondary N) is 2. The third-order valence-electron chi connectivity index (χ3n) is 5.35. The number of nitrogens with zero attached hydrogens (tertiary/aromatic N) is 2. The van der Waals surface area contributed by atoms with Crippen molar-refractivity contribution in [1.29, 1.82) is 0 Å². The monoisotopic (exact) mass is 404 g/mol. The first-order valence-electron chi connectivity index (χ1n) is 10.1. The Labute approximate surface area is 175 Å². The molecule has 0 aliphatic rings. The fourth-order valence-electron chi connectivity index (χ4n) is 3.77. The molecule has 0 saturated heterocycles. The molecule has 6 heteroatoms. The van der Waals surface area contributed by atoms with Gasteiger partial charge in [-0.2, -0.15) is 0 Å². The molecule has 2 aromatic carbocycles. The molecular formula is C24H25FN4O. The molecule has 154 valence electrons. The van der Waals surface area contributed by atoms with Crippen molar-refractivity contribution in [3.8, 4) is 11.4 Å². The number of halogens is 1. The second kappa shape index (κ2) is 7.78. The van der Waals surface area contributed by atoms with Crippen LogP contribution in [-0.4, -0.2) is 20.4 Å². The Bertz CT molecular complexity index is 1200. The highest BCUT2D eigenvalue weighted by atomic mass is 19.1. The lowest BCUT2D eigenvalue weighted by molar-refractivity contribution is 0.102. The summed E-state index contributed by atoms with van der Waals surface area (Å²) in [6.45, 7) is 9.02. The quantitative estimate of drug-likeness (QED) is 0.448. The highest BCUT2D eigenvalue weighted by Gasteiger charge is 2.24. The fourth-order valence-corrected chi connectivity index (χ4v) is 3.77. The van der Waals surface area contributed by atoms with Crippen LogP contribution in [-0.2, 0) is 6.54 Å². The largest absolute Gasteiger partial charge is 0.338 e. The molecule has 0 bridgehead atoms. The van der Waals surface area contributed by atoms with Crippen molar-refractivity contribution in [3.63, 3.8) is 0 Å². The number of amides is 1. The Kier molecular flexibility index (Phi) is 5.16. The zero-order valence-electron chi connectivity index (χ0n) is 17.6. The van der Waals surface area contributed by atoms with Crippen LogP contribution in [0.2, 0.25) is 0 Å². The van der Waals surface area contributed by atoms with E-state index in [0.29, 0.717) is 17.6 Å². The standard InChI is InChI=1S/C24H25FN4O/c1-14(2)13-29-16(4)15(3)21(22-26-19-11-7-8-12-20(19)27-22)23(29)28-24(30)17-9-5-6-10-18(17)25/h5-12,14H,13H2,1-4H3,(H,26,27)(H,28,30). The number of aromatic nitrogens is 3. The molecule has 0 spiro atoms. The van der Waals surface area contributed by atoms with Crippen molar-refractivity contribution in [2.45, 2.75) is 34.2 Å². The van der Waals surface area contributed by atoms with E-state index in [1.54, 1.807) is 12.1 Å². The zero-order valence-corrected chi connectivity index (χ0v) is 17.6. The first-order valence-corrected chi connectivity index (χ1v) is 10.1. The Morgan fingerprint density at radius 1 is 1.13 bits per heavy atom. The number of aromatic amines is 1. The van der Waals surface area contributed by atoms with Gasteiger partial charge in [-0.1, -0.05) is 38.1 Å². The van der Waals surface area contributed by atoms with Gasteiger partial charge in [0.15, 0.2) is 0 Å². The molecule has 0 aliphatic heterocycles. The summed E-state index contributed by atoms with van der Waals surface area (Å²) in [7, 11) is 0. The van der Waals surface area contributed by atoms with E-state index in [0.717, 1.165) is 34.4 Å². The van der Waals surface area contributed by atoms with E-state index in [4.69, 9.17) is 4.98 Å². The van der Waals surface area contributed by atoms with Gasteiger partial charge in [0.2, 0.25) is 0 Å². The van der Waals surface area contributed by atoms with Crippen LogP contribution in [0.15, 0.2) is 48.5 Å². The summed E-state index contributed by atoms with van der Waals surface area (Å²) in [5, 5.41) is 2.97. The van der Waals surface area contributed by atoms with Crippen LogP contribution in [0, 0.1) is 25.6 Å². The van der Waals surface area contributed by atoms with E-state index in [-0.39, 0.29) is 5.56 Å².